The summed E-state index contributed by atoms with van der Waals surface area (Å²) in [6, 6.07) is 3.25. The van der Waals surface area contributed by atoms with E-state index in [1.165, 1.54) is 28.4 Å². The number of carbonyl (C=O) groups is 2. The zero-order valence-corrected chi connectivity index (χ0v) is 23.0. The van der Waals surface area contributed by atoms with Crippen molar-refractivity contribution in [3.63, 3.8) is 0 Å². The van der Waals surface area contributed by atoms with E-state index in [-0.39, 0.29) is 56.4 Å². The number of primary amides is 1. The summed E-state index contributed by atoms with van der Waals surface area (Å²) in [5, 5.41) is 2.42. The maximum Gasteiger partial charge on any atom is 0.573 e. The van der Waals surface area contributed by atoms with Gasteiger partial charge in [-0.15, -0.1) is 13.2 Å². The molecule has 1 fully saturated rings. The molecule has 5 nitrogen and oxygen atoms in total. The van der Waals surface area contributed by atoms with Crippen LogP contribution in [0.3, 0.4) is 0 Å². The predicted molar refractivity (Wildman–Crippen MR) is 116 cm³/mol. The minimum atomic E-state index is -4.89. The van der Waals surface area contributed by atoms with Gasteiger partial charge in [0.15, 0.2) is 0 Å². The van der Waals surface area contributed by atoms with E-state index in [1.54, 1.807) is 0 Å². The number of rotatable bonds is 6. The zero-order chi connectivity index (χ0) is 21.6. The van der Waals surface area contributed by atoms with Gasteiger partial charge < -0.3 is 10.5 Å². The van der Waals surface area contributed by atoms with E-state index in [1.807, 2.05) is 6.66 Å². The van der Waals surface area contributed by atoms with Gasteiger partial charge in [0.25, 0.3) is 0 Å². The van der Waals surface area contributed by atoms with Crippen LogP contribution in [0.5, 0.6) is 5.75 Å². The van der Waals surface area contributed by atoms with E-state index in [0.29, 0.717) is 20.6 Å². The third-order valence-corrected chi connectivity index (χ3v) is 5.99. The number of alkyl halides is 3. The molecule has 1 aliphatic rings. The van der Waals surface area contributed by atoms with Crippen LogP contribution in [0.4, 0.5) is 18.9 Å². The van der Waals surface area contributed by atoms with Crippen LogP contribution >= 0.6 is 30.8 Å². The number of nitrogens with zero attached hydrogens (tertiary/aromatic N) is 1. The average Bonchev–Trinajstić information content (AvgIpc) is 3.04. The van der Waals surface area contributed by atoms with Crippen LogP contribution in [0.1, 0.15) is 25.7 Å². The van der Waals surface area contributed by atoms with Crippen LogP contribution in [0.25, 0.3) is 0 Å². The quantitative estimate of drug-likeness (QED) is 0.281. The van der Waals surface area contributed by atoms with Crippen LogP contribution in [0.2, 0.25) is 5.02 Å². The largest absolute Gasteiger partial charge is 0.573 e. The number of benzene rings is 1. The first-order valence-corrected chi connectivity index (χ1v) is 12.0. The fraction of sp³-hybridized carbons (Fsp3) is 0.444. The Morgan fingerprint density at radius 1 is 1.40 bits per heavy atom. The van der Waals surface area contributed by atoms with Gasteiger partial charge in [0.2, 0.25) is 5.91 Å². The van der Waals surface area contributed by atoms with Crippen molar-refractivity contribution >= 4 is 75.6 Å². The Labute approximate surface area is 203 Å². The van der Waals surface area contributed by atoms with Crippen molar-refractivity contribution in [3.8, 4) is 16.9 Å². The Hall–Kier alpha value is -0.698. The van der Waals surface area contributed by atoms with Crippen molar-refractivity contribution in [2.24, 2.45) is 11.7 Å². The first-order chi connectivity index (χ1) is 13.6. The number of nitrogens with two attached hydrogens (primary N) is 1. The summed E-state index contributed by atoms with van der Waals surface area (Å²) in [7, 11) is 0.474. The topological polar surface area (TPSA) is 72.6 Å². The van der Waals surface area contributed by atoms with Crippen molar-refractivity contribution in [2.45, 2.75) is 38.1 Å². The number of hydrogen-bond acceptors (Lipinski definition) is 4. The number of carbonyl (C=O) groups excluding carboxylic acids is 2. The Morgan fingerprint density at radius 3 is 2.67 bits per heavy atom. The van der Waals surface area contributed by atoms with Crippen LogP contribution in [0, 0.1) is 17.1 Å². The molecule has 1 radical (unpaired) electrons. The van der Waals surface area contributed by atoms with Crippen molar-refractivity contribution in [2.75, 3.05) is 11.6 Å². The molecular weight excluding hydrogens is 652 g/mol. The first-order valence-electron chi connectivity index (χ1n) is 8.62. The molecule has 1 saturated carbocycles. The van der Waals surface area contributed by atoms with E-state index in [4.69, 9.17) is 17.3 Å². The summed E-state index contributed by atoms with van der Waals surface area (Å²) in [6.07, 6.45) is -2.67. The van der Waals surface area contributed by atoms with Gasteiger partial charge in [-0.3, -0.25) is 14.5 Å². The van der Waals surface area contributed by atoms with Gasteiger partial charge in [0.05, 0.1) is 5.02 Å². The third-order valence-electron chi connectivity index (χ3n) is 4.36. The maximum atomic E-state index is 12.8. The van der Waals surface area contributed by atoms with E-state index in [2.05, 4.69) is 15.9 Å². The van der Waals surface area contributed by atoms with Crippen LogP contribution in [-0.4, -0.2) is 58.2 Å². The van der Waals surface area contributed by atoms with Crippen molar-refractivity contribution in [3.05, 3.63) is 23.2 Å². The molecular formula is C18H19ClF3N2O3PSTl. The molecule has 1 aromatic carbocycles. The Bertz CT molecular complexity index is 835. The normalized spacial score (nSPS) is 18.4. The number of anilines is 1. The van der Waals surface area contributed by atoms with Crippen molar-refractivity contribution in [1.82, 2.24) is 0 Å². The van der Waals surface area contributed by atoms with Gasteiger partial charge in [0, 0.05) is 51.4 Å². The summed E-state index contributed by atoms with van der Waals surface area (Å²) >= 11 is 7.25. The smallest absolute Gasteiger partial charge is 0.404 e. The third kappa shape index (κ3) is 8.10. The molecule has 0 aliphatic heterocycles. The molecule has 161 valence electrons. The molecule has 3 unspecified atom stereocenters. The second-order valence-electron chi connectivity index (χ2n) is 6.30. The summed E-state index contributed by atoms with van der Waals surface area (Å²) in [5.74, 6) is 0.820. The fourth-order valence-corrected chi connectivity index (χ4v) is 4.25. The molecule has 0 saturated heterocycles. The van der Waals surface area contributed by atoms with Gasteiger partial charge in [-0.2, -0.15) is 0 Å². The van der Waals surface area contributed by atoms with Crippen LogP contribution in [0.15, 0.2) is 18.2 Å². The van der Waals surface area contributed by atoms with Gasteiger partial charge in [-0.25, -0.2) is 0 Å². The molecule has 2 amide bonds. The van der Waals surface area contributed by atoms with Crippen LogP contribution < -0.4 is 15.4 Å². The van der Waals surface area contributed by atoms with Crippen molar-refractivity contribution in [1.29, 1.82) is 0 Å². The number of halogens is 4. The molecule has 2 N–H and O–H groups in total. The summed E-state index contributed by atoms with van der Waals surface area (Å²) in [5.41, 5.74) is 5.62. The molecule has 3 atom stereocenters. The summed E-state index contributed by atoms with van der Waals surface area (Å²) in [6.45, 7) is 1.92. The minimum absolute atomic E-state index is 0. The molecule has 0 heterocycles. The maximum absolute atomic E-state index is 12.8. The zero-order valence-electron chi connectivity index (χ0n) is 16.0. The van der Waals surface area contributed by atoms with Gasteiger partial charge in [0.1, 0.15) is 5.75 Å². The molecule has 30 heavy (non-hydrogen) atoms. The molecule has 0 aromatic heterocycles. The second kappa shape index (κ2) is 12.4. The Balaban J connectivity index is 0.00000450. The van der Waals surface area contributed by atoms with Gasteiger partial charge in [-0.05, 0) is 48.9 Å². The molecule has 1 aliphatic carbocycles. The number of hydrogen-bond donors (Lipinski definition) is 1. The monoisotopic (exact) mass is 671 g/mol. The fourth-order valence-electron chi connectivity index (χ4n) is 3.34. The molecule has 2 rings (SSSR count). The SMILES string of the molecule is CPSC#CC(=O)N(c1ccc(OC(F)(F)F)c(Cl)c1)C1CCCC1CC(N)=O.[Tl]. The molecule has 12 heteroatoms. The predicted octanol–water partition coefficient (Wildman–Crippen LogP) is 4.15. The average molecular weight is 671 g/mol. The second-order valence-corrected chi connectivity index (χ2v) is 9.36. The van der Waals surface area contributed by atoms with E-state index in [9.17, 15) is 22.8 Å². The molecule has 0 spiro atoms. The number of amides is 2. The first kappa shape index (κ1) is 27.3. The van der Waals surface area contributed by atoms with E-state index < -0.39 is 23.9 Å². The molecule has 0 bridgehead atoms. The van der Waals surface area contributed by atoms with Gasteiger partial charge >= 0.3 is 12.3 Å². The standard InChI is InChI=1S/C18H19ClF3N2O3PS.Tl/c1-28-29-8-7-17(26)24(14-4-2-3-11(14)9-16(23)25)12-5-6-15(13(19)10-12)27-18(20,21)22;/h5-6,10-11,14,28H,2-4,9H2,1H3,(H2,23,25);. The van der Waals surface area contributed by atoms with Crippen LogP contribution in [-0.2, 0) is 9.59 Å². The number of ether oxygens (including phenoxy) is 1. The summed E-state index contributed by atoms with van der Waals surface area (Å²) in [4.78, 5) is 25.6. The van der Waals surface area contributed by atoms with Crippen molar-refractivity contribution < 1.29 is 27.5 Å². The minimum Gasteiger partial charge on any atom is -0.404 e. The van der Waals surface area contributed by atoms with E-state index >= 15 is 0 Å². The molecule has 1 aromatic rings. The van der Waals surface area contributed by atoms with E-state index in [0.717, 1.165) is 12.5 Å². The Kier molecular flexibility index (Phi) is 11.3. The van der Waals surface area contributed by atoms with Gasteiger partial charge in [-0.1, -0.05) is 37.2 Å². The Morgan fingerprint density at radius 2 is 2.10 bits per heavy atom. The summed E-state index contributed by atoms with van der Waals surface area (Å²) < 4.78 is 41.4.